The maximum Gasteiger partial charge on any atom is 0.159 e. The highest BCUT2D eigenvalue weighted by molar-refractivity contribution is 5.95. The average molecular weight is 477 g/mol. The number of fused-ring (bicyclic) bond motifs is 2. The first-order chi connectivity index (χ1) is 17.7. The quantitative estimate of drug-likeness (QED) is 0.161. The number of aryl methyl sites for hydroxylation is 3. The van der Waals surface area contributed by atoms with Crippen LogP contribution in [-0.2, 0) is 24.5 Å². The fraction of sp³-hybridized carbons (Fsp3) is 0.226. The number of para-hydroxylation sites is 1. The number of hydrogen-bond acceptors (Lipinski definition) is 4. The Hall–Kier alpha value is -3.96. The number of pyridine rings is 2. The summed E-state index contributed by atoms with van der Waals surface area (Å²) in [6.07, 6.45) is 2.80. The van der Waals surface area contributed by atoms with Gasteiger partial charge in [0.05, 0.1) is 16.7 Å². The van der Waals surface area contributed by atoms with E-state index in [1.54, 1.807) is 6.20 Å². The predicted molar refractivity (Wildman–Crippen MR) is 146 cm³/mol. The highest BCUT2D eigenvalue weighted by Crippen LogP contribution is 2.25. The Morgan fingerprint density at radius 1 is 0.861 bits per heavy atom. The molecule has 5 rings (SSSR count). The Bertz CT molecular complexity index is 1530. The molecule has 0 aliphatic heterocycles. The van der Waals surface area contributed by atoms with Gasteiger partial charge in [-0.3, -0.25) is 4.98 Å². The van der Waals surface area contributed by atoms with E-state index in [1.165, 1.54) is 27.7 Å². The van der Waals surface area contributed by atoms with Gasteiger partial charge < -0.3 is 14.7 Å². The van der Waals surface area contributed by atoms with Crippen molar-refractivity contribution in [1.82, 2.24) is 14.9 Å². The first kappa shape index (κ1) is 23.8. The summed E-state index contributed by atoms with van der Waals surface area (Å²) in [5.74, 6) is 0. The third-order valence-corrected chi connectivity index (χ3v) is 6.68. The van der Waals surface area contributed by atoms with Gasteiger partial charge in [-0.05, 0) is 61.7 Å². The molecular formula is C31H32N4O. The third-order valence-electron chi connectivity index (χ3n) is 6.68. The highest BCUT2D eigenvalue weighted by Gasteiger charge is 2.13. The Morgan fingerprint density at radius 2 is 1.67 bits per heavy atom. The molecule has 0 saturated heterocycles. The van der Waals surface area contributed by atoms with E-state index < -0.39 is 0 Å². The zero-order valence-electron chi connectivity index (χ0n) is 20.9. The molecule has 5 heteroatoms. The molecule has 3 aromatic carbocycles. The molecule has 0 saturated carbocycles. The van der Waals surface area contributed by atoms with Crippen molar-refractivity contribution in [2.24, 2.45) is 5.16 Å². The van der Waals surface area contributed by atoms with Crippen LogP contribution in [-0.4, -0.2) is 16.1 Å². The first-order valence-corrected chi connectivity index (χ1v) is 12.5. The van der Waals surface area contributed by atoms with Crippen LogP contribution >= 0.6 is 0 Å². The lowest BCUT2D eigenvalue weighted by molar-refractivity contribution is 0.118. The average Bonchev–Trinajstić information content (AvgIpc) is 2.92. The molecule has 5 aromatic rings. The lowest BCUT2D eigenvalue weighted by Crippen LogP contribution is -2.19. The van der Waals surface area contributed by atoms with Crippen LogP contribution < -0.4 is 10.7 Å². The van der Waals surface area contributed by atoms with Crippen LogP contribution in [0.2, 0.25) is 0 Å². The van der Waals surface area contributed by atoms with Crippen LogP contribution in [0, 0.1) is 13.8 Å². The molecule has 0 atom stereocenters. The lowest BCUT2D eigenvalue weighted by Gasteiger charge is -2.19. The maximum atomic E-state index is 5.83. The van der Waals surface area contributed by atoms with Gasteiger partial charge in [0.1, 0.15) is 5.36 Å². The standard InChI is InChI=1S/C31H32N4O/c1-23-16-17-28-30(34-36-22-26-13-8-9-19-33-26)27-14-6-7-15-29(27)35(31(28)24(23)2)20-10-18-32-21-25-11-4-3-5-12-25/h3-9,11-17,19,32H,10,18,20-22H2,1-2H3/b34-30+. The number of hydrogen-bond donors (Lipinski definition) is 1. The van der Waals surface area contributed by atoms with E-state index in [-0.39, 0.29) is 0 Å². The van der Waals surface area contributed by atoms with Crippen molar-refractivity contribution in [3.8, 4) is 0 Å². The Labute approximate surface area is 212 Å². The summed E-state index contributed by atoms with van der Waals surface area (Å²) < 4.78 is 2.45. The minimum Gasteiger partial charge on any atom is -0.389 e. The van der Waals surface area contributed by atoms with Crippen molar-refractivity contribution >= 4 is 21.8 Å². The number of nitrogens with zero attached hydrogens (tertiary/aromatic N) is 3. The van der Waals surface area contributed by atoms with Crippen LogP contribution in [0.4, 0.5) is 0 Å². The van der Waals surface area contributed by atoms with Crippen LogP contribution in [0.5, 0.6) is 0 Å². The second-order valence-corrected chi connectivity index (χ2v) is 9.12. The van der Waals surface area contributed by atoms with Crippen LogP contribution in [0.25, 0.3) is 21.8 Å². The topological polar surface area (TPSA) is 51.4 Å². The molecule has 0 aliphatic rings. The van der Waals surface area contributed by atoms with Crippen LogP contribution in [0.1, 0.15) is 28.8 Å². The van der Waals surface area contributed by atoms with Gasteiger partial charge >= 0.3 is 0 Å². The maximum absolute atomic E-state index is 5.83. The predicted octanol–water partition coefficient (Wildman–Crippen LogP) is 6.02. The van der Waals surface area contributed by atoms with Gasteiger partial charge in [0.15, 0.2) is 6.61 Å². The molecular weight excluding hydrogens is 444 g/mol. The summed E-state index contributed by atoms with van der Waals surface area (Å²) in [4.78, 5) is 10.2. The molecule has 2 aromatic heterocycles. The van der Waals surface area contributed by atoms with E-state index in [1.807, 2.05) is 18.2 Å². The zero-order valence-corrected chi connectivity index (χ0v) is 20.9. The van der Waals surface area contributed by atoms with Gasteiger partial charge in [-0.25, -0.2) is 0 Å². The minimum atomic E-state index is 0.337. The summed E-state index contributed by atoms with van der Waals surface area (Å²) in [5.41, 5.74) is 7.10. The van der Waals surface area contributed by atoms with Crippen molar-refractivity contribution in [3.63, 3.8) is 0 Å². The lowest BCUT2D eigenvalue weighted by atomic mass is 10.0. The van der Waals surface area contributed by atoms with E-state index >= 15 is 0 Å². The van der Waals surface area contributed by atoms with E-state index in [9.17, 15) is 0 Å². The summed E-state index contributed by atoms with van der Waals surface area (Å²) in [6, 6.07) is 29.2. The number of nitrogens with one attached hydrogen (secondary N) is 1. The van der Waals surface area contributed by atoms with Crippen molar-refractivity contribution in [1.29, 1.82) is 0 Å². The molecule has 0 spiro atoms. The molecule has 0 fully saturated rings. The number of aromatic nitrogens is 2. The first-order valence-electron chi connectivity index (χ1n) is 12.5. The third kappa shape index (κ3) is 5.16. The van der Waals surface area contributed by atoms with Gasteiger partial charge in [-0.15, -0.1) is 0 Å². The molecule has 1 N–H and O–H groups in total. The summed E-state index contributed by atoms with van der Waals surface area (Å²) >= 11 is 0. The van der Waals surface area contributed by atoms with Gasteiger partial charge in [0.2, 0.25) is 0 Å². The molecule has 2 heterocycles. The molecule has 182 valence electrons. The van der Waals surface area contributed by atoms with Crippen LogP contribution in [0.15, 0.2) is 96.3 Å². The van der Waals surface area contributed by atoms with Crippen LogP contribution in [0.3, 0.4) is 0 Å². The van der Waals surface area contributed by atoms with Gasteiger partial charge in [-0.2, -0.15) is 0 Å². The molecule has 0 unspecified atom stereocenters. The Kier molecular flexibility index (Phi) is 7.39. The Balaban J connectivity index is 1.48. The van der Waals surface area contributed by atoms with Crippen molar-refractivity contribution in [2.75, 3.05) is 6.54 Å². The molecule has 36 heavy (non-hydrogen) atoms. The van der Waals surface area contributed by atoms with Crippen molar-refractivity contribution < 1.29 is 4.84 Å². The van der Waals surface area contributed by atoms with E-state index in [0.717, 1.165) is 47.9 Å². The second-order valence-electron chi connectivity index (χ2n) is 9.12. The van der Waals surface area contributed by atoms with E-state index in [0.29, 0.717) is 6.61 Å². The second kappa shape index (κ2) is 11.2. The van der Waals surface area contributed by atoms with Crippen molar-refractivity contribution in [2.45, 2.75) is 40.0 Å². The van der Waals surface area contributed by atoms with E-state index in [2.05, 4.69) is 101 Å². The molecule has 5 nitrogen and oxygen atoms in total. The molecule has 0 aliphatic carbocycles. The molecule has 0 amide bonds. The van der Waals surface area contributed by atoms with Gasteiger partial charge in [-0.1, -0.05) is 71.9 Å². The summed E-state index contributed by atoms with van der Waals surface area (Å²) in [6.45, 7) is 7.46. The zero-order chi connectivity index (χ0) is 24.7. The summed E-state index contributed by atoms with van der Waals surface area (Å²) in [5, 5.41) is 11.3. The largest absolute Gasteiger partial charge is 0.389 e. The normalized spacial score (nSPS) is 11.9. The monoisotopic (exact) mass is 476 g/mol. The number of benzene rings is 3. The van der Waals surface area contributed by atoms with Gasteiger partial charge in [0, 0.05) is 30.1 Å². The fourth-order valence-corrected chi connectivity index (χ4v) is 4.68. The highest BCUT2D eigenvalue weighted by atomic mass is 16.6. The fourth-order valence-electron chi connectivity index (χ4n) is 4.68. The molecule has 0 radical (unpaired) electrons. The van der Waals surface area contributed by atoms with Gasteiger partial charge in [0.25, 0.3) is 0 Å². The number of rotatable bonds is 9. The van der Waals surface area contributed by atoms with Crippen molar-refractivity contribution in [3.05, 3.63) is 119 Å². The SMILES string of the molecule is Cc1ccc2/c(=N/OCc3ccccn3)c3ccccc3n(CCCNCc3ccccc3)c2c1C. The smallest absolute Gasteiger partial charge is 0.159 e. The Morgan fingerprint density at radius 3 is 2.50 bits per heavy atom. The minimum absolute atomic E-state index is 0.337. The summed E-state index contributed by atoms with van der Waals surface area (Å²) in [7, 11) is 0. The molecule has 0 bridgehead atoms. The van der Waals surface area contributed by atoms with E-state index in [4.69, 9.17) is 4.84 Å².